The molecule has 0 radical (unpaired) electrons. The Hall–Kier alpha value is -2.49. The summed E-state index contributed by atoms with van der Waals surface area (Å²) in [4.78, 5) is 11.8. The first-order valence-corrected chi connectivity index (χ1v) is 6.09. The maximum absolute atomic E-state index is 11.8. The lowest BCUT2D eigenvalue weighted by Gasteiger charge is -2.08. The largest absolute Gasteiger partial charge is 0.491 e. The number of nitrogens with zero attached hydrogens (tertiary/aromatic N) is 1. The maximum Gasteiger partial charge on any atom is 0.196 e. The van der Waals surface area contributed by atoms with Crippen LogP contribution in [0.4, 0.5) is 0 Å². The first kappa shape index (κ1) is 11.6. The molecule has 4 heteroatoms. The highest BCUT2D eigenvalue weighted by Crippen LogP contribution is 2.21. The summed E-state index contributed by atoms with van der Waals surface area (Å²) in [6, 6.07) is 10.7. The molecule has 0 atom stereocenters. The van der Waals surface area contributed by atoms with Gasteiger partial charge in [-0.2, -0.15) is 0 Å². The minimum absolute atomic E-state index is 0.0854. The Labute approximate surface area is 109 Å². The first-order chi connectivity index (χ1) is 9.34. The molecule has 3 rings (SSSR count). The number of hydrogen-bond donors (Lipinski definition) is 0. The lowest BCUT2D eigenvalue weighted by Crippen LogP contribution is -2.08. The maximum atomic E-state index is 11.8. The van der Waals surface area contributed by atoms with Crippen molar-refractivity contribution in [3.05, 3.63) is 65.3 Å². The topological polar surface area (TPSA) is 44.4 Å². The van der Waals surface area contributed by atoms with E-state index < -0.39 is 0 Å². The van der Waals surface area contributed by atoms with Crippen LogP contribution in [0.1, 0.15) is 0 Å². The fourth-order valence-corrected chi connectivity index (χ4v) is 2.01. The van der Waals surface area contributed by atoms with Crippen molar-refractivity contribution in [1.29, 1.82) is 0 Å². The zero-order chi connectivity index (χ0) is 13.1. The van der Waals surface area contributed by atoms with Gasteiger partial charge in [-0.05, 0) is 24.3 Å². The molecule has 0 saturated carbocycles. The van der Waals surface area contributed by atoms with E-state index in [1.54, 1.807) is 12.1 Å². The predicted octanol–water partition coefficient (Wildman–Crippen LogP) is 2.67. The average Bonchev–Trinajstić information content (AvgIpc) is 2.92. The van der Waals surface area contributed by atoms with Gasteiger partial charge in [0.2, 0.25) is 0 Å². The molecule has 0 fully saturated rings. The minimum Gasteiger partial charge on any atom is -0.491 e. The standard InChI is InChI=1S/C15H13NO3/c17-12-6-10-18-13-4-3-5-14(15(12)13)19-11-9-16-7-1-2-8-16/h1-8,10H,9,11H2. The third-order valence-corrected chi connectivity index (χ3v) is 2.92. The van der Waals surface area contributed by atoms with E-state index in [1.165, 1.54) is 12.3 Å². The summed E-state index contributed by atoms with van der Waals surface area (Å²) >= 11 is 0. The Bertz CT molecular complexity index is 723. The number of benzene rings is 1. The van der Waals surface area contributed by atoms with E-state index in [0.29, 0.717) is 23.3 Å². The van der Waals surface area contributed by atoms with Crippen molar-refractivity contribution < 1.29 is 9.15 Å². The van der Waals surface area contributed by atoms with Gasteiger partial charge >= 0.3 is 0 Å². The summed E-state index contributed by atoms with van der Waals surface area (Å²) in [6.45, 7) is 1.24. The number of aromatic nitrogens is 1. The molecule has 0 aliphatic rings. The van der Waals surface area contributed by atoms with Gasteiger partial charge in [-0.15, -0.1) is 0 Å². The van der Waals surface area contributed by atoms with Crippen molar-refractivity contribution in [2.45, 2.75) is 6.54 Å². The molecule has 0 N–H and O–H groups in total. The Morgan fingerprint density at radius 3 is 2.79 bits per heavy atom. The number of hydrogen-bond acceptors (Lipinski definition) is 3. The van der Waals surface area contributed by atoms with Crippen LogP contribution in [0.25, 0.3) is 11.0 Å². The summed E-state index contributed by atoms with van der Waals surface area (Å²) in [6.07, 6.45) is 5.34. The molecule has 0 aliphatic heterocycles. The van der Waals surface area contributed by atoms with Gasteiger partial charge in [-0.25, -0.2) is 0 Å². The van der Waals surface area contributed by atoms with E-state index in [-0.39, 0.29) is 5.43 Å². The quantitative estimate of drug-likeness (QED) is 0.720. The van der Waals surface area contributed by atoms with Crippen LogP contribution in [0.5, 0.6) is 5.75 Å². The highest BCUT2D eigenvalue weighted by Gasteiger charge is 2.07. The van der Waals surface area contributed by atoms with Crippen LogP contribution in [0.3, 0.4) is 0 Å². The number of ether oxygens (including phenoxy) is 1. The molecule has 0 amide bonds. The summed E-state index contributed by atoms with van der Waals surface area (Å²) in [5.41, 5.74) is 0.462. The highest BCUT2D eigenvalue weighted by atomic mass is 16.5. The smallest absolute Gasteiger partial charge is 0.196 e. The average molecular weight is 255 g/mol. The molecule has 0 saturated heterocycles. The zero-order valence-corrected chi connectivity index (χ0v) is 10.3. The van der Waals surface area contributed by atoms with Crippen molar-refractivity contribution in [1.82, 2.24) is 4.57 Å². The number of rotatable bonds is 4. The molecule has 3 aromatic rings. The molecule has 0 spiro atoms. The Kier molecular flexibility index (Phi) is 3.06. The molecular weight excluding hydrogens is 242 g/mol. The summed E-state index contributed by atoms with van der Waals surface area (Å²) in [5, 5.41) is 0.498. The van der Waals surface area contributed by atoms with Crippen molar-refractivity contribution in [3.8, 4) is 5.75 Å². The monoisotopic (exact) mass is 255 g/mol. The molecule has 2 heterocycles. The Balaban J connectivity index is 1.83. The van der Waals surface area contributed by atoms with Gasteiger partial charge in [0.1, 0.15) is 23.3 Å². The SMILES string of the molecule is O=c1ccoc2cccc(OCCn3cccc3)c12. The van der Waals surface area contributed by atoms with Gasteiger partial charge in [0, 0.05) is 18.5 Å². The van der Waals surface area contributed by atoms with E-state index in [9.17, 15) is 4.79 Å². The zero-order valence-electron chi connectivity index (χ0n) is 10.3. The molecule has 2 aromatic heterocycles. The van der Waals surface area contributed by atoms with Gasteiger partial charge in [0.15, 0.2) is 5.43 Å². The van der Waals surface area contributed by atoms with E-state index in [0.717, 1.165) is 6.54 Å². The Morgan fingerprint density at radius 2 is 1.95 bits per heavy atom. The first-order valence-electron chi connectivity index (χ1n) is 6.09. The van der Waals surface area contributed by atoms with E-state index >= 15 is 0 Å². The Morgan fingerprint density at radius 1 is 1.11 bits per heavy atom. The third-order valence-electron chi connectivity index (χ3n) is 2.92. The summed E-state index contributed by atoms with van der Waals surface area (Å²) in [7, 11) is 0. The van der Waals surface area contributed by atoms with Crippen molar-refractivity contribution in [3.63, 3.8) is 0 Å². The fraction of sp³-hybridized carbons (Fsp3) is 0.133. The van der Waals surface area contributed by atoms with Gasteiger partial charge in [-0.1, -0.05) is 6.07 Å². The van der Waals surface area contributed by atoms with E-state index in [4.69, 9.17) is 9.15 Å². The van der Waals surface area contributed by atoms with Crippen LogP contribution in [0, 0.1) is 0 Å². The van der Waals surface area contributed by atoms with Crippen LogP contribution >= 0.6 is 0 Å². The lowest BCUT2D eigenvalue weighted by molar-refractivity contribution is 0.301. The molecular formula is C15H13NO3. The summed E-state index contributed by atoms with van der Waals surface area (Å²) in [5.74, 6) is 0.569. The van der Waals surface area contributed by atoms with E-state index in [1.807, 2.05) is 35.2 Å². The second-order valence-corrected chi connectivity index (χ2v) is 4.18. The molecule has 1 aromatic carbocycles. The summed E-state index contributed by atoms with van der Waals surface area (Å²) < 4.78 is 13.0. The van der Waals surface area contributed by atoms with Crippen molar-refractivity contribution in [2.24, 2.45) is 0 Å². The molecule has 19 heavy (non-hydrogen) atoms. The number of fused-ring (bicyclic) bond motifs is 1. The normalized spacial score (nSPS) is 10.7. The van der Waals surface area contributed by atoms with Crippen LogP contribution in [0.2, 0.25) is 0 Å². The second kappa shape index (κ2) is 5.02. The van der Waals surface area contributed by atoms with Crippen LogP contribution < -0.4 is 10.2 Å². The van der Waals surface area contributed by atoms with Gasteiger partial charge in [0.25, 0.3) is 0 Å². The third kappa shape index (κ3) is 2.38. The highest BCUT2D eigenvalue weighted by molar-refractivity contribution is 5.82. The molecule has 0 bridgehead atoms. The van der Waals surface area contributed by atoms with Crippen molar-refractivity contribution in [2.75, 3.05) is 6.61 Å². The van der Waals surface area contributed by atoms with E-state index in [2.05, 4.69) is 0 Å². The van der Waals surface area contributed by atoms with Gasteiger partial charge < -0.3 is 13.7 Å². The molecule has 96 valence electrons. The molecule has 0 aliphatic carbocycles. The predicted molar refractivity (Wildman–Crippen MR) is 72.4 cm³/mol. The van der Waals surface area contributed by atoms with Crippen molar-refractivity contribution >= 4 is 11.0 Å². The molecule has 4 nitrogen and oxygen atoms in total. The van der Waals surface area contributed by atoms with Crippen LogP contribution in [0.15, 0.2) is 64.3 Å². The minimum atomic E-state index is -0.0854. The molecule has 0 unspecified atom stereocenters. The fourth-order valence-electron chi connectivity index (χ4n) is 2.01. The van der Waals surface area contributed by atoms with Gasteiger partial charge in [-0.3, -0.25) is 4.79 Å². The second-order valence-electron chi connectivity index (χ2n) is 4.18. The van der Waals surface area contributed by atoms with Crippen LogP contribution in [-0.4, -0.2) is 11.2 Å². The van der Waals surface area contributed by atoms with Gasteiger partial charge in [0.05, 0.1) is 12.8 Å². The lowest BCUT2D eigenvalue weighted by atomic mass is 10.2. The van der Waals surface area contributed by atoms with Crippen LogP contribution in [-0.2, 0) is 6.54 Å².